The predicted molar refractivity (Wildman–Crippen MR) is 122 cm³/mol. The molecule has 0 spiro atoms. The number of methoxy groups -OCH3 is 1. The largest absolute Gasteiger partial charge is 0.496 e. The van der Waals surface area contributed by atoms with Crippen LogP contribution in [0.4, 0.5) is 18.9 Å². The zero-order chi connectivity index (χ0) is 24.9. The highest BCUT2D eigenvalue weighted by Crippen LogP contribution is 2.31. The molecule has 3 rings (SSSR count). The third-order valence-corrected chi connectivity index (χ3v) is 6.79. The first-order valence-electron chi connectivity index (χ1n) is 10.2. The molecule has 10 heteroatoms. The van der Waals surface area contributed by atoms with Crippen molar-refractivity contribution in [2.24, 2.45) is 0 Å². The summed E-state index contributed by atoms with van der Waals surface area (Å²) in [5, 5.41) is 2.36. The molecular weight excluding hydrogens is 469 g/mol. The van der Waals surface area contributed by atoms with Gasteiger partial charge in [-0.3, -0.25) is 4.79 Å². The van der Waals surface area contributed by atoms with Gasteiger partial charge in [-0.2, -0.15) is 17.5 Å². The van der Waals surface area contributed by atoms with Crippen molar-refractivity contribution < 1.29 is 31.1 Å². The maximum Gasteiger partial charge on any atom is 0.416 e. The zero-order valence-corrected chi connectivity index (χ0v) is 19.3. The molecule has 0 aliphatic heterocycles. The van der Waals surface area contributed by atoms with Crippen molar-refractivity contribution in [3.63, 3.8) is 0 Å². The molecule has 3 aromatic carbocycles. The fourth-order valence-electron chi connectivity index (χ4n) is 3.31. The van der Waals surface area contributed by atoms with E-state index >= 15 is 0 Å². The van der Waals surface area contributed by atoms with Crippen molar-refractivity contribution in [2.75, 3.05) is 19.0 Å². The number of alkyl halides is 3. The fourth-order valence-corrected chi connectivity index (χ4v) is 4.78. The molecule has 1 N–H and O–H groups in total. The minimum atomic E-state index is -4.57. The van der Waals surface area contributed by atoms with Gasteiger partial charge < -0.3 is 10.1 Å². The standard InChI is InChI=1S/C24H23F3N2O4S/c1-17-13-21(11-12-22(17)33-2)34(31,32)29(15-18-7-4-3-5-8-18)16-23(30)28-20-10-6-9-19(14-20)24(25,26)27/h3-14H,15-16H2,1-2H3,(H,28,30). The van der Waals surface area contributed by atoms with E-state index in [4.69, 9.17) is 4.74 Å². The Balaban J connectivity index is 1.89. The average Bonchev–Trinajstić information content (AvgIpc) is 2.79. The van der Waals surface area contributed by atoms with Crippen LogP contribution in [0.15, 0.2) is 77.7 Å². The number of carbonyl (C=O) groups is 1. The minimum absolute atomic E-state index is 0.0337. The van der Waals surface area contributed by atoms with Crippen LogP contribution in [0.2, 0.25) is 0 Å². The Morgan fingerprint density at radius 2 is 1.71 bits per heavy atom. The summed E-state index contributed by atoms with van der Waals surface area (Å²) in [5.41, 5.74) is 0.227. The van der Waals surface area contributed by atoms with Crippen LogP contribution >= 0.6 is 0 Å². The second-order valence-corrected chi connectivity index (χ2v) is 9.45. The summed E-state index contributed by atoms with van der Waals surface area (Å²) in [6.07, 6.45) is -4.57. The molecule has 0 atom stereocenters. The van der Waals surface area contributed by atoms with Gasteiger partial charge >= 0.3 is 6.18 Å². The van der Waals surface area contributed by atoms with Gasteiger partial charge in [-0.25, -0.2) is 8.42 Å². The number of anilines is 1. The lowest BCUT2D eigenvalue weighted by Crippen LogP contribution is -2.37. The smallest absolute Gasteiger partial charge is 0.416 e. The number of amides is 1. The molecule has 0 bridgehead atoms. The first-order valence-corrected chi connectivity index (χ1v) is 11.6. The first kappa shape index (κ1) is 25.3. The molecular formula is C24H23F3N2O4S. The van der Waals surface area contributed by atoms with E-state index in [2.05, 4.69) is 5.32 Å². The lowest BCUT2D eigenvalue weighted by atomic mass is 10.2. The van der Waals surface area contributed by atoms with E-state index in [0.29, 0.717) is 16.9 Å². The van der Waals surface area contributed by atoms with Gasteiger partial charge in [-0.05, 0) is 54.4 Å². The number of benzene rings is 3. The quantitative estimate of drug-likeness (QED) is 0.488. The summed E-state index contributed by atoms with van der Waals surface area (Å²) in [4.78, 5) is 12.7. The molecule has 180 valence electrons. The maximum absolute atomic E-state index is 13.4. The molecule has 6 nitrogen and oxygen atoms in total. The van der Waals surface area contributed by atoms with E-state index in [9.17, 15) is 26.4 Å². The van der Waals surface area contributed by atoms with Gasteiger partial charge in [-0.1, -0.05) is 36.4 Å². The molecule has 0 aromatic heterocycles. The molecule has 0 heterocycles. The average molecular weight is 493 g/mol. The number of halogens is 3. The Morgan fingerprint density at radius 1 is 1.00 bits per heavy atom. The highest BCUT2D eigenvalue weighted by atomic mass is 32.2. The number of aryl methyl sites for hydroxylation is 1. The number of rotatable bonds is 8. The van der Waals surface area contributed by atoms with Crippen molar-refractivity contribution in [3.8, 4) is 5.75 Å². The first-order chi connectivity index (χ1) is 16.0. The van der Waals surface area contributed by atoms with E-state index in [0.717, 1.165) is 22.5 Å². The van der Waals surface area contributed by atoms with E-state index in [-0.39, 0.29) is 17.1 Å². The van der Waals surface area contributed by atoms with Crippen LogP contribution in [-0.4, -0.2) is 32.3 Å². The Labute approximate surface area is 196 Å². The van der Waals surface area contributed by atoms with Gasteiger partial charge in [0.25, 0.3) is 0 Å². The van der Waals surface area contributed by atoms with Gasteiger partial charge in [0.2, 0.25) is 15.9 Å². The zero-order valence-electron chi connectivity index (χ0n) is 18.5. The maximum atomic E-state index is 13.4. The van der Waals surface area contributed by atoms with Crippen molar-refractivity contribution in [1.29, 1.82) is 0 Å². The molecule has 0 saturated heterocycles. The van der Waals surface area contributed by atoms with Crippen LogP contribution in [0.1, 0.15) is 16.7 Å². The second kappa shape index (κ2) is 10.3. The van der Waals surface area contributed by atoms with Crippen LogP contribution in [0.5, 0.6) is 5.75 Å². The SMILES string of the molecule is COc1ccc(S(=O)(=O)N(CC(=O)Nc2cccc(C(F)(F)F)c2)Cc2ccccc2)cc1C. The number of hydrogen-bond donors (Lipinski definition) is 1. The van der Waals surface area contributed by atoms with Gasteiger partial charge in [0.15, 0.2) is 0 Å². The van der Waals surface area contributed by atoms with Crippen LogP contribution in [0.3, 0.4) is 0 Å². The van der Waals surface area contributed by atoms with E-state index in [1.165, 1.54) is 31.4 Å². The Morgan fingerprint density at radius 3 is 2.32 bits per heavy atom. The normalized spacial score (nSPS) is 11.9. The number of carbonyl (C=O) groups excluding carboxylic acids is 1. The molecule has 0 fully saturated rings. The number of ether oxygens (including phenoxy) is 1. The molecule has 0 aliphatic rings. The van der Waals surface area contributed by atoms with Crippen molar-refractivity contribution in [1.82, 2.24) is 4.31 Å². The van der Waals surface area contributed by atoms with E-state index in [1.54, 1.807) is 37.3 Å². The van der Waals surface area contributed by atoms with E-state index in [1.807, 2.05) is 0 Å². The summed E-state index contributed by atoms with van der Waals surface area (Å²) in [6, 6.07) is 17.2. The summed E-state index contributed by atoms with van der Waals surface area (Å²) >= 11 is 0. The number of sulfonamides is 1. The molecule has 0 radical (unpaired) electrons. The van der Waals surface area contributed by atoms with E-state index < -0.39 is 34.2 Å². The second-order valence-electron chi connectivity index (χ2n) is 7.52. The van der Waals surface area contributed by atoms with Crippen LogP contribution < -0.4 is 10.1 Å². The lowest BCUT2D eigenvalue weighted by Gasteiger charge is -2.22. The Bertz CT molecular complexity index is 1260. The monoisotopic (exact) mass is 492 g/mol. The molecule has 0 aliphatic carbocycles. The molecule has 3 aromatic rings. The summed E-state index contributed by atoms with van der Waals surface area (Å²) in [5.74, 6) is -0.264. The number of nitrogens with zero attached hydrogens (tertiary/aromatic N) is 1. The van der Waals surface area contributed by atoms with Crippen LogP contribution in [0.25, 0.3) is 0 Å². The highest BCUT2D eigenvalue weighted by molar-refractivity contribution is 7.89. The molecule has 1 amide bonds. The van der Waals surface area contributed by atoms with Crippen LogP contribution in [-0.2, 0) is 27.5 Å². The summed E-state index contributed by atoms with van der Waals surface area (Å²) in [7, 11) is -2.66. The minimum Gasteiger partial charge on any atom is -0.496 e. The number of nitrogens with one attached hydrogen (secondary N) is 1. The van der Waals surface area contributed by atoms with Crippen molar-refractivity contribution >= 4 is 21.6 Å². The van der Waals surface area contributed by atoms with Gasteiger partial charge in [0.05, 0.1) is 24.1 Å². The Hall–Kier alpha value is -3.37. The van der Waals surface area contributed by atoms with Gasteiger partial charge in [-0.15, -0.1) is 0 Å². The molecule has 0 unspecified atom stereocenters. The topological polar surface area (TPSA) is 75.7 Å². The lowest BCUT2D eigenvalue weighted by molar-refractivity contribution is -0.137. The van der Waals surface area contributed by atoms with Gasteiger partial charge in [0, 0.05) is 12.2 Å². The van der Waals surface area contributed by atoms with Crippen LogP contribution in [0, 0.1) is 6.92 Å². The predicted octanol–water partition coefficient (Wildman–Crippen LogP) is 4.85. The molecule has 0 saturated carbocycles. The Kier molecular flexibility index (Phi) is 7.63. The molecule has 34 heavy (non-hydrogen) atoms. The third kappa shape index (κ3) is 6.15. The third-order valence-electron chi connectivity index (χ3n) is 5.00. The summed E-state index contributed by atoms with van der Waals surface area (Å²) in [6.45, 7) is 0.989. The number of hydrogen-bond acceptors (Lipinski definition) is 4. The van der Waals surface area contributed by atoms with Crippen molar-refractivity contribution in [2.45, 2.75) is 24.5 Å². The summed E-state index contributed by atoms with van der Waals surface area (Å²) < 4.78 is 71.9. The highest BCUT2D eigenvalue weighted by Gasteiger charge is 2.31. The van der Waals surface area contributed by atoms with Crippen molar-refractivity contribution in [3.05, 3.63) is 89.5 Å². The van der Waals surface area contributed by atoms with Gasteiger partial charge in [0.1, 0.15) is 5.75 Å². The fraction of sp³-hybridized carbons (Fsp3) is 0.208.